The van der Waals surface area contributed by atoms with Crippen LogP contribution < -0.4 is 42.8 Å². The molecule has 0 radical (unpaired) electrons. The SMILES string of the molecule is CN[C@H](C(=O)N[C@H](C(=O)N(C)[C@H](C=C(C)C(=O)NS(=O)(=O)c1ccc(CNC(=O)[C@H](CCCNC(N)=O)NC(=O)[C@@H](N)C(C)C)cc1)C(C)C)C(C)(C)C)C(C)(C)c1ccccc1. The standard InChI is InChI=1S/C45H71N9O8S/c1-27(2)34(54(12)42(59)37(44(6,7)8)52-41(58)36(48-11)45(9,10)31-17-14-13-15-18-31)25-29(5)38(55)53-63(61,62)32-22-20-30(21-23-32)26-50-39(56)33(19-16-24-49-43(47)60)51-40(57)35(46)28(3)4/h13-15,17-18,20-23,25,27-28,33-37,48H,16,19,24,26,46H2,1-12H3,(H,50,56)(H,51,57)(H,52,58)(H,53,55)(H3,47,49,60)/t33-,34+,35-,36+,37+/m0/s1. The molecule has 63 heavy (non-hydrogen) atoms. The summed E-state index contributed by atoms with van der Waals surface area (Å²) in [7, 11) is -1.07. The molecule has 0 aromatic heterocycles. The van der Waals surface area contributed by atoms with Gasteiger partial charge >= 0.3 is 6.03 Å². The van der Waals surface area contributed by atoms with Crippen molar-refractivity contribution < 1.29 is 37.2 Å². The maximum absolute atomic E-state index is 14.3. The summed E-state index contributed by atoms with van der Waals surface area (Å²) in [6.45, 7) is 18.4. The molecule has 0 unspecified atom stereocenters. The van der Waals surface area contributed by atoms with Gasteiger partial charge in [0, 0.05) is 31.1 Å². The number of carbonyl (C=O) groups is 6. The van der Waals surface area contributed by atoms with Gasteiger partial charge in [-0.05, 0) is 67.3 Å². The summed E-state index contributed by atoms with van der Waals surface area (Å²) in [5.74, 6) is -3.05. The number of sulfonamides is 1. The first-order valence-corrected chi connectivity index (χ1v) is 22.6. The van der Waals surface area contributed by atoms with Crippen LogP contribution in [0.1, 0.15) is 93.2 Å². The Morgan fingerprint density at radius 2 is 1.38 bits per heavy atom. The molecule has 0 heterocycles. The highest BCUT2D eigenvalue weighted by molar-refractivity contribution is 7.90. The average Bonchev–Trinajstić information content (AvgIpc) is 3.20. The van der Waals surface area contributed by atoms with E-state index < -0.39 is 74.8 Å². The fourth-order valence-corrected chi connectivity index (χ4v) is 7.90. The second-order valence-corrected chi connectivity index (χ2v) is 19.9. The quantitative estimate of drug-likeness (QED) is 0.0633. The Balaban J connectivity index is 2.20. The summed E-state index contributed by atoms with van der Waals surface area (Å²) >= 11 is 0. The molecule has 2 rings (SSSR count). The lowest BCUT2D eigenvalue weighted by Crippen LogP contribution is -2.61. The molecule has 0 aliphatic carbocycles. The van der Waals surface area contributed by atoms with E-state index in [1.807, 2.05) is 78.8 Å². The zero-order valence-corrected chi connectivity index (χ0v) is 39.7. The Hall–Kier alpha value is -5.33. The van der Waals surface area contributed by atoms with Crippen molar-refractivity contribution in [2.24, 2.45) is 28.7 Å². The van der Waals surface area contributed by atoms with Crippen molar-refractivity contribution in [3.05, 3.63) is 77.4 Å². The number of hydrogen-bond donors (Lipinski definition) is 8. The number of hydrogen-bond acceptors (Lipinski definition) is 10. The Morgan fingerprint density at radius 3 is 1.89 bits per heavy atom. The predicted molar refractivity (Wildman–Crippen MR) is 244 cm³/mol. The van der Waals surface area contributed by atoms with E-state index in [-0.39, 0.29) is 53.6 Å². The van der Waals surface area contributed by atoms with Gasteiger partial charge in [-0.2, -0.15) is 0 Å². The molecule has 0 aliphatic rings. The number of nitrogens with zero attached hydrogens (tertiary/aromatic N) is 1. The van der Waals surface area contributed by atoms with Crippen molar-refractivity contribution in [2.45, 2.75) is 129 Å². The van der Waals surface area contributed by atoms with Crippen molar-refractivity contribution in [1.82, 2.24) is 36.2 Å². The van der Waals surface area contributed by atoms with Gasteiger partial charge in [-0.25, -0.2) is 17.9 Å². The third-order valence-electron chi connectivity index (χ3n) is 11.0. The van der Waals surface area contributed by atoms with E-state index in [9.17, 15) is 37.2 Å². The zero-order valence-electron chi connectivity index (χ0n) is 38.9. The molecule has 0 saturated carbocycles. The minimum absolute atomic E-state index is 0.0141. The van der Waals surface area contributed by atoms with Crippen LogP contribution >= 0.6 is 0 Å². The van der Waals surface area contributed by atoms with Crippen LogP contribution in [0.2, 0.25) is 0 Å². The smallest absolute Gasteiger partial charge is 0.312 e. The van der Waals surface area contributed by atoms with Gasteiger partial charge < -0.3 is 43.0 Å². The summed E-state index contributed by atoms with van der Waals surface area (Å²) in [6.07, 6.45) is 2.05. The van der Waals surface area contributed by atoms with Gasteiger partial charge in [-0.15, -0.1) is 0 Å². The van der Waals surface area contributed by atoms with Crippen LogP contribution in [0.25, 0.3) is 0 Å². The number of benzene rings is 2. The van der Waals surface area contributed by atoms with Gasteiger partial charge in [-0.3, -0.25) is 24.0 Å². The summed E-state index contributed by atoms with van der Waals surface area (Å²) in [4.78, 5) is 79.7. The van der Waals surface area contributed by atoms with Crippen molar-refractivity contribution in [3.8, 4) is 0 Å². The van der Waals surface area contributed by atoms with Gasteiger partial charge in [0.05, 0.1) is 23.0 Å². The van der Waals surface area contributed by atoms with Crippen molar-refractivity contribution in [1.29, 1.82) is 0 Å². The number of primary amides is 1. The molecule has 5 atom stereocenters. The normalized spacial score (nSPS) is 14.7. The fraction of sp³-hybridized carbons (Fsp3) is 0.556. The number of urea groups is 1. The highest BCUT2D eigenvalue weighted by Crippen LogP contribution is 2.29. The first kappa shape index (κ1) is 53.8. The average molecular weight is 898 g/mol. The van der Waals surface area contributed by atoms with Crippen LogP contribution in [-0.4, -0.2) is 99.7 Å². The Morgan fingerprint density at radius 1 is 0.794 bits per heavy atom. The number of nitrogens with two attached hydrogens (primary N) is 2. The number of rotatable bonds is 22. The lowest BCUT2D eigenvalue weighted by Gasteiger charge is -2.40. The number of carbonyl (C=O) groups excluding carboxylic acids is 6. The molecule has 17 nitrogen and oxygen atoms in total. The Bertz CT molecular complexity index is 2030. The molecule has 2 aromatic carbocycles. The molecule has 10 N–H and O–H groups in total. The highest BCUT2D eigenvalue weighted by Gasteiger charge is 2.42. The minimum atomic E-state index is -4.36. The number of amides is 7. The van der Waals surface area contributed by atoms with Crippen LogP contribution in [0.5, 0.6) is 0 Å². The molecule has 0 bridgehead atoms. The highest BCUT2D eigenvalue weighted by atomic mass is 32.2. The van der Waals surface area contributed by atoms with Crippen LogP contribution in [0, 0.1) is 17.3 Å². The van der Waals surface area contributed by atoms with Crippen molar-refractivity contribution >= 4 is 45.6 Å². The van der Waals surface area contributed by atoms with E-state index in [1.165, 1.54) is 42.2 Å². The topological polar surface area (TPSA) is 264 Å². The van der Waals surface area contributed by atoms with E-state index in [1.54, 1.807) is 27.9 Å². The number of nitrogens with one attached hydrogen (secondary N) is 6. The monoisotopic (exact) mass is 898 g/mol. The first-order chi connectivity index (χ1) is 29.1. The van der Waals surface area contributed by atoms with Crippen LogP contribution in [0.3, 0.4) is 0 Å². The van der Waals surface area contributed by atoms with E-state index in [4.69, 9.17) is 11.5 Å². The summed E-state index contributed by atoms with van der Waals surface area (Å²) in [6, 6.07) is 10.3. The van der Waals surface area contributed by atoms with Gasteiger partial charge in [0.1, 0.15) is 12.1 Å². The second kappa shape index (κ2) is 23.4. The van der Waals surface area contributed by atoms with E-state index >= 15 is 0 Å². The lowest BCUT2D eigenvalue weighted by atomic mass is 9.76. The minimum Gasteiger partial charge on any atom is -0.352 e. The summed E-state index contributed by atoms with van der Waals surface area (Å²) in [5, 5.41) is 14.0. The third-order valence-corrected chi connectivity index (χ3v) is 12.3. The molecule has 0 aliphatic heterocycles. The largest absolute Gasteiger partial charge is 0.352 e. The Kier molecular flexibility index (Phi) is 20.0. The van der Waals surface area contributed by atoms with Gasteiger partial charge in [0.15, 0.2) is 0 Å². The van der Waals surface area contributed by atoms with E-state index in [0.717, 1.165) is 5.56 Å². The Labute approximate surface area is 373 Å². The van der Waals surface area contributed by atoms with E-state index in [0.29, 0.717) is 12.0 Å². The summed E-state index contributed by atoms with van der Waals surface area (Å²) in [5.41, 5.74) is 11.3. The third kappa shape index (κ3) is 15.8. The number of likely N-dealkylation sites (N-methyl/N-ethyl adjacent to an activating group) is 2. The molecule has 7 amide bonds. The van der Waals surface area contributed by atoms with Crippen LogP contribution in [0.4, 0.5) is 4.79 Å². The van der Waals surface area contributed by atoms with Gasteiger partial charge in [0.2, 0.25) is 23.6 Å². The molecular weight excluding hydrogens is 827 g/mol. The molecule has 0 spiro atoms. The lowest BCUT2D eigenvalue weighted by molar-refractivity contribution is -0.140. The fourth-order valence-electron chi connectivity index (χ4n) is 6.88. The maximum Gasteiger partial charge on any atom is 0.312 e. The molecule has 350 valence electrons. The molecular formula is C45H71N9O8S. The molecule has 18 heteroatoms. The maximum atomic E-state index is 14.3. The summed E-state index contributed by atoms with van der Waals surface area (Å²) < 4.78 is 28.8. The molecule has 2 aromatic rings. The molecule has 0 saturated heterocycles. The second-order valence-electron chi connectivity index (χ2n) is 18.2. The van der Waals surface area contributed by atoms with Crippen molar-refractivity contribution in [3.63, 3.8) is 0 Å². The van der Waals surface area contributed by atoms with Gasteiger partial charge in [0.25, 0.3) is 15.9 Å². The predicted octanol–water partition coefficient (Wildman–Crippen LogP) is 2.55. The van der Waals surface area contributed by atoms with E-state index in [2.05, 4.69) is 31.3 Å². The van der Waals surface area contributed by atoms with Crippen LogP contribution in [-0.2, 0) is 46.0 Å². The zero-order chi connectivity index (χ0) is 48.0. The van der Waals surface area contributed by atoms with Crippen LogP contribution in [0.15, 0.2) is 71.1 Å². The van der Waals surface area contributed by atoms with Crippen molar-refractivity contribution in [2.75, 3.05) is 20.6 Å². The molecule has 0 fully saturated rings. The van der Waals surface area contributed by atoms with Gasteiger partial charge in [-0.1, -0.05) is 111 Å². The first-order valence-electron chi connectivity index (χ1n) is 21.2.